The van der Waals surface area contributed by atoms with Crippen LogP contribution < -0.4 is 5.32 Å². The minimum absolute atomic E-state index is 0.411. The second kappa shape index (κ2) is 4.17. The van der Waals surface area contributed by atoms with E-state index in [-0.39, 0.29) is 0 Å². The smallest absolute Gasteiger partial charge is 0.178 e. The number of rotatable bonds is 2. The fourth-order valence-electron chi connectivity index (χ4n) is 2.36. The van der Waals surface area contributed by atoms with E-state index >= 15 is 0 Å². The molecule has 1 N–H and O–H groups in total. The van der Waals surface area contributed by atoms with Gasteiger partial charge in [0.15, 0.2) is 5.82 Å². The minimum atomic E-state index is 0.411. The summed E-state index contributed by atoms with van der Waals surface area (Å²) in [5, 5.41) is 3.35. The van der Waals surface area contributed by atoms with Crippen molar-refractivity contribution in [2.24, 2.45) is 7.05 Å². The zero-order chi connectivity index (χ0) is 12.7. The summed E-state index contributed by atoms with van der Waals surface area (Å²) in [7, 11) is 1.96. The Hall–Kier alpha value is -1.75. The lowest BCUT2D eigenvalue weighted by Crippen LogP contribution is -2.06. The van der Waals surface area contributed by atoms with E-state index in [1.807, 2.05) is 17.8 Å². The van der Waals surface area contributed by atoms with Crippen LogP contribution in [-0.4, -0.2) is 19.5 Å². The van der Waals surface area contributed by atoms with Crippen LogP contribution in [0.1, 0.15) is 36.7 Å². The molecule has 0 spiro atoms. The lowest BCUT2D eigenvalue weighted by atomic mass is 10.0. The molecule has 2 aromatic heterocycles. The van der Waals surface area contributed by atoms with Crippen molar-refractivity contribution in [1.82, 2.24) is 24.8 Å². The second-order valence-electron chi connectivity index (χ2n) is 5.01. The maximum Gasteiger partial charge on any atom is 0.178 e. The van der Waals surface area contributed by atoms with E-state index in [0.717, 1.165) is 36.0 Å². The van der Waals surface area contributed by atoms with Crippen LogP contribution in [0.2, 0.25) is 0 Å². The van der Waals surface area contributed by atoms with Gasteiger partial charge in [-0.15, -0.1) is 0 Å². The molecule has 94 valence electrons. The molecule has 0 fully saturated rings. The first-order valence-corrected chi connectivity index (χ1v) is 6.24. The summed E-state index contributed by atoms with van der Waals surface area (Å²) in [6.45, 7) is 6.07. The Labute approximate surface area is 106 Å². The van der Waals surface area contributed by atoms with Gasteiger partial charge in [-0.1, -0.05) is 13.8 Å². The lowest BCUT2D eigenvalue weighted by molar-refractivity contribution is 0.746. The molecule has 18 heavy (non-hydrogen) atoms. The predicted molar refractivity (Wildman–Crippen MR) is 68.9 cm³/mol. The van der Waals surface area contributed by atoms with Crippen LogP contribution in [-0.2, 0) is 20.1 Å². The van der Waals surface area contributed by atoms with Crippen LogP contribution in [0.25, 0.3) is 11.5 Å². The van der Waals surface area contributed by atoms with Crippen molar-refractivity contribution in [3.63, 3.8) is 0 Å². The highest BCUT2D eigenvalue weighted by atomic mass is 15.1. The normalized spacial score (nSPS) is 14.2. The lowest BCUT2D eigenvalue weighted by Gasteiger charge is -2.12. The van der Waals surface area contributed by atoms with Crippen LogP contribution in [0.4, 0.5) is 0 Å². The fraction of sp³-hybridized carbons (Fsp3) is 0.462. The number of aryl methyl sites for hydroxylation is 1. The molecule has 1 aliphatic rings. The molecule has 0 amide bonds. The van der Waals surface area contributed by atoms with E-state index in [2.05, 4.69) is 29.1 Å². The van der Waals surface area contributed by atoms with Gasteiger partial charge < -0.3 is 9.88 Å². The summed E-state index contributed by atoms with van der Waals surface area (Å²) >= 11 is 0. The molecule has 3 rings (SSSR count). The zero-order valence-corrected chi connectivity index (χ0v) is 10.9. The molecule has 5 nitrogen and oxygen atoms in total. The van der Waals surface area contributed by atoms with Gasteiger partial charge in [0, 0.05) is 25.7 Å². The first-order valence-electron chi connectivity index (χ1n) is 6.24. The Kier molecular flexibility index (Phi) is 2.63. The molecule has 0 bridgehead atoms. The summed E-state index contributed by atoms with van der Waals surface area (Å²) < 4.78 is 1.95. The predicted octanol–water partition coefficient (Wildman–Crippen LogP) is 1.60. The quantitative estimate of drug-likeness (QED) is 0.870. The molecular formula is C13H17N5. The molecular weight excluding hydrogens is 226 g/mol. The van der Waals surface area contributed by atoms with E-state index < -0.39 is 0 Å². The maximum absolute atomic E-state index is 4.74. The largest absolute Gasteiger partial charge is 0.331 e. The van der Waals surface area contributed by atoms with Crippen LogP contribution in [0, 0.1) is 0 Å². The van der Waals surface area contributed by atoms with Crippen molar-refractivity contribution < 1.29 is 0 Å². The summed E-state index contributed by atoms with van der Waals surface area (Å²) in [5.41, 5.74) is 4.52. The van der Waals surface area contributed by atoms with Gasteiger partial charge in [0.1, 0.15) is 5.69 Å². The third kappa shape index (κ3) is 1.71. The van der Waals surface area contributed by atoms with Crippen LogP contribution in [0.15, 0.2) is 12.5 Å². The zero-order valence-electron chi connectivity index (χ0n) is 10.9. The monoisotopic (exact) mass is 243 g/mol. The van der Waals surface area contributed by atoms with Gasteiger partial charge in [0.05, 0.1) is 23.9 Å². The summed E-state index contributed by atoms with van der Waals surface area (Å²) in [6.07, 6.45) is 3.59. The standard InChI is InChI=1S/C13H17N5/c1-8(2)12-9-4-14-5-10(9)16-13(17-12)11-6-15-7-18(11)3/h6-8,14H,4-5H2,1-3H3. The van der Waals surface area contributed by atoms with Gasteiger partial charge in [0.2, 0.25) is 0 Å². The average Bonchev–Trinajstić information content (AvgIpc) is 2.95. The Morgan fingerprint density at radius 3 is 2.78 bits per heavy atom. The van der Waals surface area contributed by atoms with Crippen molar-refractivity contribution in [3.05, 3.63) is 29.5 Å². The van der Waals surface area contributed by atoms with Crippen molar-refractivity contribution in [3.8, 4) is 11.5 Å². The summed E-state index contributed by atoms with van der Waals surface area (Å²) in [6, 6.07) is 0. The first-order chi connectivity index (χ1) is 8.66. The highest BCUT2D eigenvalue weighted by molar-refractivity contribution is 5.51. The molecule has 0 saturated heterocycles. The SMILES string of the molecule is CC(C)c1nc(-c2cncn2C)nc2c1CNC2. The number of hydrogen-bond donors (Lipinski definition) is 1. The number of hydrogen-bond acceptors (Lipinski definition) is 4. The Bertz CT molecular complexity index is 585. The van der Waals surface area contributed by atoms with E-state index in [4.69, 9.17) is 4.98 Å². The van der Waals surface area contributed by atoms with Gasteiger partial charge in [-0.3, -0.25) is 0 Å². The highest BCUT2D eigenvalue weighted by Gasteiger charge is 2.21. The minimum Gasteiger partial charge on any atom is -0.331 e. The van der Waals surface area contributed by atoms with Crippen molar-refractivity contribution >= 4 is 0 Å². The van der Waals surface area contributed by atoms with E-state index in [1.165, 1.54) is 5.56 Å². The Balaban J connectivity index is 2.18. The van der Waals surface area contributed by atoms with Crippen LogP contribution in [0.3, 0.4) is 0 Å². The number of fused-ring (bicyclic) bond motifs is 1. The van der Waals surface area contributed by atoms with E-state index in [9.17, 15) is 0 Å². The van der Waals surface area contributed by atoms with Crippen molar-refractivity contribution in [2.75, 3.05) is 0 Å². The molecule has 0 radical (unpaired) electrons. The maximum atomic E-state index is 4.74. The number of nitrogens with zero attached hydrogens (tertiary/aromatic N) is 4. The van der Waals surface area contributed by atoms with E-state index in [1.54, 1.807) is 6.33 Å². The molecule has 0 saturated carbocycles. The molecule has 0 aromatic carbocycles. The highest BCUT2D eigenvalue weighted by Crippen LogP contribution is 2.26. The summed E-state index contributed by atoms with van der Waals surface area (Å²) in [4.78, 5) is 13.5. The molecule has 0 atom stereocenters. The second-order valence-corrected chi connectivity index (χ2v) is 5.01. The van der Waals surface area contributed by atoms with E-state index in [0.29, 0.717) is 5.92 Å². The van der Waals surface area contributed by atoms with Crippen LogP contribution >= 0.6 is 0 Å². The summed E-state index contributed by atoms with van der Waals surface area (Å²) in [5.74, 6) is 1.19. The van der Waals surface area contributed by atoms with Crippen LogP contribution in [0.5, 0.6) is 0 Å². The average molecular weight is 243 g/mol. The molecule has 1 aliphatic heterocycles. The van der Waals surface area contributed by atoms with Gasteiger partial charge >= 0.3 is 0 Å². The third-order valence-electron chi connectivity index (χ3n) is 3.31. The number of imidazole rings is 1. The Morgan fingerprint density at radius 1 is 1.28 bits per heavy atom. The number of aromatic nitrogens is 4. The van der Waals surface area contributed by atoms with Crippen molar-refractivity contribution in [2.45, 2.75) is 32.9 Å². The molecule has 3 heterocycles. The van der Waals surface area contributed by atoms with Gasteiger partial charge in [0.25, 0.3) is 0 Å². The number of nitrogens with one attached hydrogen (secondary N) is 1. The molecule has 0 aliphatic carbocycles. The van der Waals surface area contributed by atoms with Gasteiger partial charge in [-0.25, -0.2) is 15.0 Å². The van der Waals surface area contributed by atoms with Crippen molar-refractivity contribution in [1.29, 1.82) is 0 Å². The van der Waals surface area contributed by atoms with Gasteiger partial charge in [-0.2, -0.15) is 0 Å². The van der Waals surface area contributed by atoms with Gasteiger partial charge in [-0.05, 0) is 5.92 Å². The molecule has 0 unspecified atom stereocenters. The molecule has 2 aromatic rings. The first kappa shape index (κ1) is 11.3. The molecule has 5 heteroatoms. The fourth-order valence-corrected chi connectivity index (χ4v) is 2.36. The topological polar surface area (TPSA) is 55.6 Å². The Morgan fingerprint density at radius 2 is 2.11 bits per heavy atom. The third-order valence-corrected chi connectivity index (χ3v) is 3.31.